The first kappa shape index (κ1) is 27.0. The molecule has 2 atom stereocenters. The second kappa shape index (κ2) is 10.1. The van der Waals surface area contributed by atoms with E-state index in [9.17, 15) is 36.0 Å². The second-order valence-electron chi connectivity index (χ2n) is 5.53. The van der Waals surface area contributed by atoms with Crippen molar-refractivity contribution in [2.45, 2.75) is 18.3 Å². The smallest absolute Gasteiger partial charge is 1.00 e. The van der Waals surface area contributed by atoms with Gasteiger partial charge < -0.3 is 22.6 Å². The van der Waals surface area contributed by atoms with Crippen LogP contribution in [0.15, 0.2) is 10.5 Å². The number of hydrogen-bond acceptors (Lipinski definition) is 10. The summed E-state index contributed by atoms with van der Waals surface area (Å²) < 4.78 is 68.6. The molecule has 0 spiro atoms. The van der Waals surface area contributed by atoms with Crippen LogP contribution in [0.3, 0.4) is 0 Å². The Bertz CT molecular complexity index is 1010. The Morgan fingerprint density at radius 3 is 2.55 bits per heavy atom. The summed E-state index contributed by atoms with van der Waals surface area (Å²) in [5.74, 6) is -4.88. The van der Waals surface area contributed by atoms with Crippen molar-refractivity contribution in [1.29, 1.82) is 0 Å². The van der Waals surface area contributed by atoms with Crippen molar-refractivity contribution in [3.05, 3.63) is 11.1 Å². The number of nitrogens with one attached hydrogen (secondary N) is 2. The molecule has 31 heavy (non-hydrogen) atoms. The molecule has 0 radical (unpaired) electrons. The van der Waals surface area contributed by atoms with Crippen molar-refractivity contribution < 1.29 is 76.3 Å². The van der Waals surface area contributed by atoms with Crippen LogP contribution in [0.2, 0.25) is 0 Å². The molecule has 2 rings (SSSR count). The Morgan fingerprint density at radius 1 is 1.48 bits per heavy atom. The van der Waals surface area contributed by atoms with Gasteiger partial charge in [0, 0.05) is 11.9 Å². The van der Waals surface area contributed by atoms with Gasteiger partial charge in [-0.3, -0.25) is 18.9 Å². The first-order chi connectivity index (χ1) is 13.8. The maximum absolute atomic E-state index is 12.4. The van der Waals surface area contributed by atoms with Gasteiger partial charge in [0.1, 0.15) is 18.8 Å². The van der Waals surface area contributed by atoms with Gasteiger partial charge in [0.25, 0.3) is 11.8 Å². The average molecular weight is 498 g/mol. The summed E-state index contributed by atoms with van der Waals surface area (Å²) in [6, 6.07) is -3.46. The molecule has 0 aliphatic carbocycles. The number of nitrogens with zero attached hydrogens (tertiary/aromatic N) is 3. The first-order valence-electron chi connectivity index (χ1n) is 7.56. The fourth-order valence-electron chi connectivity index (χ4n) is 2.36. The number of amides is 3. The number of anilines is 1. The van der Waals surface area contributed by atoms with Crippen molar-refractivity contribution in [3.63, 3.8) is 0 Å². The summed E-state index contributed by atoms with van der Waals surface area (Å²) >= 11 is 0.942. The molecule has 1 aromatic rings. The molecule has 1 aliphatic heterocycles. The third-order valence-corrected chi connectivity index (χ3v) is 5.22. The number of nitrogens with two attached hydrogens (primary N) is 1. The van der Waals surface area contributed by atoms with Gasteiger partial charge in [-0.25, -0.2) is 9.29 Å². The zero-order valence-corrected chi connectivity index (χ0v) is 19.3. The van der Waals surface area contributed by atoms with Crippen LogP contribution < -0.4 is 45.9 Å². The van der Waals surface area contributed by atoms with E-state index < -0.39 is 58.5 Å². The van der Waals surface area contributed by atoms with E-state index in [1.165, 1.54) is 10.7 Å². The standard InChI is InChI=1S/C12H13F3N6O7S2.Na.H/c1-28-20-6(4-3-29-11(16)18-4)8(22)19-7-5(2-17-10(24)12(13,14)15)21(9(7)23)30(25,26)27;;/h3,5,7H,2H2,1H3,(H2,16,18)(H,17,24)(H,19,22)(H,25,26,27);;/q;+1;-1/b20-6-;;. The molecule has 5 N–H and O–H groups in total. The SMILES string of the molecule is CO/N=C(\C(=O)NC1C(=O)N(S(=O)(=O)O)C1CNC(=O)C(F)(F)F)c1csc(N)n1.[H-].[Na+]. The number of nitrogen functional groups attached to an aromatic ring is 1. The molecular weight excluding hydrogens is 484 g/mol. The van der Waals surface area contributed by atoms with E-state index in [4.69, 9.17) is 10.3 Å². The maximum atomic E-state index is 12.4. The Balaban J connectivity index is 0.00000480. The van der Waals surface area contributed by atoms with E-state index >= 15 is 0 Å². The van der Waals surface area contributed by atoms with Crippen LogP contribution >= 0.6 is 11.3 Å². The molecule has 1 aromatic heterocycles. The van der Waals surface area contributed by atoms with Crippen LogP contribution in [0, 0.1) is 0 Å². The fourth-order valence-corrected chi connectivity index (χ4v) is 3.79. The third kappa shape index (κ3) is 6.26. The quantitative estimate of drug-likeness (QED) is 0.0941. The predicted octanol–water partition coefficient (Wildman–Crippen LogP) is -4.63. The van der Waals surface area contributed by atoms with Crippen molar-refractivity contribution in [1.82, 2.24) is 19.9 Å². The number of alkyl halides is 3. The molecule has 2 unspecified atom stereocenters. The number of rotatable bonds is 7. The summed E-state index contributed by atoms with van der Waals surface area (Å²) in [6.45, 7) is -1.05. The predicted molar refractivity (Wildman–Crippen MR) is 94.4 cm³/mol. The van der Waals surface area contributed by atoms with E-state index in [2.05, 4.69) is 15.0 Å². The molecule has 168 valence electrons. The zero-order valence-electron chi connectivity index (χ0n) is 16.7. The van der Waals surface area contributed by atoms with Crippen LogP contribution in [-0.2, 0) is 29.5 Å². The normalized spacial score (nSPS) is 19.2. The average Bonchev–Trinajstić information content (AvgIpc) is 3.04. The zero-order chi connectivity index (χ0) is 22.9. The minimum absolute atomic E-state index is 0. The van der Waals surface area contributed by atoms with Crippen molar-refractivity contribution in [3.8, 4) is 0 Å². The maximum Gasteiger partial charge on any atom is 1.00 e. The number of β-lactam (4-membered cyclic amide) rings is 1. The Morgan fingerprint density at radius 2 is 2.10 bits per heavy atom. The molecule has 19 heteroatoms. The molecule has 13 nitrogen and oxygen atoms in total. The number of carbonyl (C=O) groups excluding carboxylic acids is 3. The number of oxime groups is 1. The van der Waals surface area contributed by atoms with Crippen LogP contribution in [0.25, 0.3) is 0 Å². The Labute approximate surface area is 199 Å². The number of aromatic nitrogens is 1. The van der Waals surface area contributed by atoms with Gasteiger partial charge in [-0.15, -0.1) is 11.3 Å². The van der Waals surface area contributed by atoms with Crippen LogP contribution in [0.5, 0.6) is 0 Å². The summed E-state index contributed by atoms with van der Waals surface area (Å²) in [7, 11) is -4.09. The molecule has 3 amide bonds. The van der Waals surface area contributed by atoms with Gasteiger partial charge in [0.15, 0.2) is 10.8 Å². The van der Waals surface area contributed by atoms with Crippen LogP contribution in [0.1, 0.15) is 7.12 Å². The summed E-state index contributed by atoms with van der Waals surface area (Å²) in [6.07, 6.45) is -5.28. The topological polar surface area (TPSA) is 193 Å². The first-order valence-corrected chi connectivity index (χ1v) is 9.84. The van der Waals surface area contributed by atoms with E-state index in [-0.39, 0.29) is 46.1 Å². The molecule has 2 heterocycles. The Kier molecular flexibility index (Phi) is 8.80. The summed E-state index contributed by atoms with van der Waals surface area (Å²) in [5.41, 5.74) is 4.93. The van der Waals surface area contributed by atoms with E-state index in [1.54, 1.807) is 0 Å². The molecule has 0 bridgehead atoms. The van der Waals surface area contributed by atoms with Crippen LogP contribution in [0.4, 0.5) is 18.3 Å². The molecular formula is C12H14F3N6NaO7S2. The van der Waals surface area contributed by atoms with Gasteiger partial charge in [0.05, 0.1) is 6.04 Å². The largest absolute Gasteiger partial charge is 1.00 e. The van der Waals surface area contributed by atoms with Crippen LogP contribution in [-0.4, -0.2) is 77.6 Å². The molecule has 1 aliphatic rings. The molecule has 0 aromatic carbocycles. The van der Waals surface area contributed by atoms with E-state index in [0.29, 0.717) is 0 Å². The van der Waals surface area contributed by atoms with E-state index in [0.717, 1.165) is 18.4 Å². The molecule has 1 fully saturated rings. The van der Waals surface area contributed by atoms with Crippen molar-refractivity contribution >= 4 is 50.2 Å². The summed E-state index contributed by atoms with van der Waals surface area (Å²) in [5, 5.41) is 8.23. The van der Waals surface area contributed by atoms with Crippen molar-refractivity contribution in [2.75, 3.05) is 19.4 Å². The van der Waals surface area contributed by atoms with Gasteiger partial charge in [-0.2, -0.15) is 21.6 Å². The van der Waals surface area contributed by atoms with Gasteiger partial charge >= 0.3 is 51.9 Å². The monoisotopic (exact) mass is 498 g/mol. The van der Waals surface area contributed by atoms with Gasteiger partial charge in [-0.05, 0) is 0 Å². The molecule has 1 saturated heterocycles. The Hall–Kier alpha value is -1.99. The number of thiazole rings is 1. The third-order valence-electron chi connectivity index (χ3n) is 3.60. The fraction of sp³-hybridized carbons (Fsp3) is 0.417. The van der Waals surface area contributed by atoms with Crippen molar-refractivity contribution in [2.24, 2.45) is 5.16 Å². The number of hydrogen-bond donors (Lipinski definition) is 4. The molecule has 0 saturated carbocycles. The minimum Gasteiger partial charge on any atom is -1.00 e. The summed E-state index contributed by atoms with van der Waals surface area (Å²) in [4.78, 5) is 43.8. The second-order valence-corrected chi connectivity index (χ2v) is 7.71. The number of halogens is 3. The minimum atomic E-state index is -5.28. The van der Waals surface area contributed by atoms with E-state index in [1.807, 2.05) is 5.32 Å². The number of carbonyl (C=O) groups is 3. The van der Waals surface area contributed by atoms with Gasteiger partial charge in [-0.1, -0.05) is 5.16 Å². The van der Waals surface area contributed by atoms with Gasteiger partial charge in [0.2, 0.25) is 0 Å².